The zero-order chi connectivity index (χ0) is 19.3. The summed E-state index contributed by atoms with van der Waals surface area (Å²) >= 11 is 0. The lowest BCUT2D eigenvalue weighted by molar-refractivity contribution is -0.385. The molecule has 0 saturated heterocycles. The Kier molecular flexibility index (Phi) is 5.90. The van der Waals surface area contributed by atoms with Gasteiger partial charge in [0.15, 0.2) is 12.4 Å². The number of benzene rings is 2. The first-order valence-corrected chi connectivity index (χ1v) is 7.82. The van der Waals surface area contributed by atoms with Crippen LogP contribution in [0.15, 0.2) is 36.4 Å². The summed E-state index contributed by atoms with van der Waals surface area (Å²) < 4.78 is 5.20. The normalized spacial score (nSPS) is 10.1. The summed E-state index contributed by atoms with van der Waals surface area (Å²) in [4.78, 5) is 34.1. The molecule has 0 bridgehead atoms. The molecule has 0 fully saturated rings. The predicted molar refractivity (Wildman–Crippen MR) is 96.4 cm³/mol. The largest absolute Gasteiger partial charge is 0.477 e. The van der Waals surface area contributed by atoms with E-state index >= 15 is 0 Å². The number of imide groups is 1. The summed E-state index contributed by atoms with van der Waals surface area (Å²) in [5, 5.41) is 15.7. The Labute approximate surface area is 150 Å². The maximum atomic E-state index is 11.9. The number of rotatable bonds is 5. The van der Waals surface area contributed by atoms with Crippen LogP contribution in [-0.4, -0.2) is 23.5 Å². The predicted octanol–water partition coefficient (Wildman–Crippen LogP) is 3.25. The molecule has 0 spiro atoms. The minimum absolute atomic E-state index is 0.0278. The van der Waals surface area contributed by atoms with Gasteiger partial charge in [0.1, 0.15) is 0 Å². The Morgan fingerprint density at radius 3 is 2.38 bits per heavy atom. The van der Waals surface area contributed by atoms with Gasteiger partial charge in [-0.2, -0.15) is 0 Å². The highest BCUT2D eigenvalue weighted by molar-refractivity contribution is 6.01. The quantitative estimate of drug-likeness (QED) is 0.630. The zero-order valence-corrected chi connectivity index (χ0v) is 14.7. The lowest BCUT2D eigenvalue weighted by atomic mass is 10.1. The third-order valence-corrected chi connectivity index (χ3v) is 3.55. The van der Waals surface area contributed by atoms with Crippen LogP contribution in [0, 0.1) is 30.9 Å². The van der Waals surface area contributed by atoms with Crippen molar-refractivity contribution in [2.75, 3.05) is 11.9 Å². The standard InChI is InChI=1S/C18H19N3O5/c1-11-4-6-14(13(3)8-11)19-18(23)20-17(22)10-26-16-9-12(2)5-7-15(16)21(24)25/h4-9H,10H2,1-3H3,(H2,19,20,22,23). The number of nitro groups is 1. The lowest BCUT2D eigenvalue weighted by Crippen LogP contribution is -2.37. The number of nitro benzene ring substituents is 1. The molecule has 0 saturated carbocycles. The van der Waals surface area contributed by atoms with Gasteiger partial charge in [0, 0.05) is 11.8 Å². The van der Waals surface area contributed by atoms with Crippen molar-refractivity contribution < 1.29 is 19.2 Å². The van der Waals surface area contributed by atoms with Crippen LogP contribution in [0.3, 0.4) is 0 Å². The van der Waals surface area contributed by atoms with E-state index in [0.29, 0.717) is 5.69 Å². The van der Waals surface area contributed by atoms with E-state index in [2.05, 4.69) is 10.6 Å². The van der Waals surface area contributed by atoms with E-state index < -0.39 is 23.5 Å². The van der Waals surface area contributed by atoms with Crippen molar-refractivity contribution in [1.82, 2.24) is 5.32 Å². The number of amides is 3. The van der Waals surface area contributed by atoms with Crippen molar-refractivity contribution in [2.24, 2.45) is 0 Å². The highest BCUT2D eigenvalue weighted by Crippen LogP contribution is 2.27. The van der Waals surface area contributed by atoms with Crippen LogP contribution >= 0.6 is 0 Å². The second kappa shape index (κ2) is 8.11. The SMILES string of the molecule is Cc1ccc(NC(=O)NC(=O)COc2cc(C)ccc2[N+](=O)[O-])c(C)c1. The lowest BCUT2D eigenvalue weighted by Gasteiger charge is -2.10. The number of carbonyl (C=O) groups excluding carboxylic acids is 2. The van der Waals surface area contributed by atoms with Crippen molar-refractivity contribution in [3.63, 3.8) is 0 Å². The number of carbonyl (C=O) groups is 2. The van der Waals surface area contributed by atoms with E-state index in [9.17, 15) is 19.7 Å². The number of hydrogen-bond donors (Lipinski definition) is 2. The van der Waals surface area contributed by atoms with Gasteiger partial charge in [-0.25, -0.2) is 4.79 Å². The number of hydrogen-bond acceptors (Lipinski definition) is 5. The maximum Gasteiger partial charge on any atom is 0.325 e. The van der Waals surface area contributed by atoms with E-state index in [-0.39, 0.29) is 11.4 Å². The first kappa shape index (κ1) is 18.9. The van der Waals surface area contributed by atoms with Gasteiger partial charge in [-0.1, -0.05) is 23.8 Å². The van der Waals surface area contributed by atoms with E-state index in [0.717, 1.165) is 16.7 Å². The van der Waals surface area contributed by atoms with Crippen LogP contribution in [0.1, 0.15) is 16.7 Å². The maximum absolute atomic E-state index is 11.9. The van der Waals surface area contributed by atoms with Crippen LogP contribution < -0.4 is 15.4 Å². The summed E-state index contributed by atoms with van der Waals surface area (Å²) in [5.74, 6) is -0.747. The Hall–Kier alpha value is -3.42. The average Bonchev–Trinajstić information content (AvgIpc) is 2.55. The molecule has 8 heteroatoms. The van der Waals surface area contributed by atoms with Gasteiger partial charge in [0.25, 0.3) is 5.91 Å². The van der Waals surface area contributed by atoms with Crippen molar-refractivity contribution in [3.05, 3.63) is 63.2 Å². The topological polar surface area (TPSA) is 111 Å². The Morgan fingerprint density at radius 1 is 1.08 bits per heavy atom. The van der Waals surface area contributed by atoms with Gasteiger partial charge in [-0.05, 0) is 44.0 Å². The summed E-state index contributed by atoms with van der Waals surface area (Å²) in [5.41, 5.74) is 3.00. The first-order chi connectivity index (χ1) is 12.3. The first-order valence-electron chi connectivity index (χ1n) is 7.82. The molecule has 2 N–H and O–H groups in total. The molecule has 8 nitrogen and oxygen atoms in total. The fourth-order valence-electron chi connectivity index (χ4n) is 2.30. The molecule has 0 heterocycles. The van der Waals surface area contributed by atoms with Crippen LogP contribution in [-0.2, 0) is 4.79 Å². The molecule has 0 atom stereocenters. The summed E-state index contributed by atoms with van der Waals surface area (Å²) in [7, 11) is 0. The van der Waals surface area contributed by atoms with E-state index in [1.807, 2.05) is 26.0 Å². The Bertz CT molecular complexity index is 864. The fourth-order valence-corrected chi connectivity index (χ4v) is 2.30. The molecule has 136 valence electrons. The second-order valence-corrected chi connectivity index (χ2v) is 5.84. The smallest absolute Gasteiger partial charge is 0.325 e. The molecule has 26 heavy (non-hydrogen) atoms. The van der Waals surface area contributed by atoms with Gasteiger partial charge in [-0.3, -0.25) is 20.2 Å². The highest BCUT2D eigenvalue weighted by Gasteiger charge is 2.17. The van der Waals surface area contributed by atoms with Crippen LogP contribution in [0.2, 0.25) is 0 Å². The number of anilines is 1. The second-order valence-electron chi connectivity index (χ2n) is 5.84. The summed E-state index contributed by atoms with van der Waals surface area (Å²) in [6.07, 6.45) is 0. The van der Waals surface area contributed by atoms with Gasteiger partial charge < -0.3 is 10.1 Å². The Balaban J connectivity index is 1.94. The average molecular weight is 357 g/mol. The number of ether oxygens (including phenoxy) is 1. The molecule has 3 amide bonds. The van der Waals surface area contributed by atoms with Gasteiger partial charge in [0.05, 0.1) is 4.92 Å². The van der Waals surface area contributed by atoms with Crippen molar-refractivity contribution >= 4 is 23.3 Å². The third kappa shape index (κ3) is 5.04. The molecular formula is C18H19N3O5. The van der Waals surface area contributed by atoms with Crippen molar-refractivity contribution in [3.8, 4) is 5.75 Å². The highest BCUT2D eigenvalue weighted by atomic mass is 16.6. The zero-order valence-electron chi connectivity index (χ0n) is 14.7. The molecular weight excluding hydrogens is 338 g/mol. The molecule has 0 aliphatic rings. The molecule has 2 aromatic carbocycles. The molecule has 2 aromatic rings. The van der Waals surface area contributed by atoms with E-state index in [4.69, 9.17) is 4.74 Å². The number of nitrogens with one attached hydrogen (secondary N) is 2. The molecule has 0 radical (unpaired) electrons. The minimum Gasteiger partial charge on any atom is -0.477 e. The third-order valence-electron chi connectivity index (χ3n) is 3.55. The van der Waals surface area contributed by atoms with Crippen LogP contribution in [0.25, 0.3) is 0 Å². The molecule has 0 aliphatic heterocycles. The van der Waals surface area contributed by atoms with Gasteiger partial charge in [0.2, 0.25) is 0 Å². The summed E-state index contributed by atoms with van der Waals surface area (Å²) in [6, 6.07) is 9.10. The molecule has 0 unspecified atom stereocenters. The molecule has 0 aliphatic carbocycles. The van der Waals surface area contributed by atoms with Gasteiger partial charge in [-0.15, -0.1) is 0 Å². The van der Waals surface area contributed by atoms with Gasteiger partial charge >= 0.3 is 11.7 Å². The fraction of sp³-hybridized carbons (Fsp3) is 0.222. The van der Waals surface area contributed by atoms with Crippen LogP contribution in [0.5, 0.6) is 5.75 Å². The summed E-state index contributed by atoms with van der Waals surface area (Å²) in [6.45, 7) is 4.99. The number of aryl methyl sites for hydroxylation is 3. The van der Waals surface area contributed by atoms with Crippen molar-refractivity contribution in [1.29, 1.82) is 0 Å². The molecule has 2 rings (SSSR count). The monoisotopic (exact) mass is 357 g/mol. The van der Waals surface area contributed by atoms with Crippen LogP contribution in [0.4, 0.5) is 16.2 Å². The Morgan fingerprint density at radius 2 is 1.73 bits per heavy atom. The molecule has 0 aromatic heterocycles. The number of urea groups is 1. The number of nitrogens with zero attached hydrogens (tertiary/aromatic N) is 1. The van der Waals surface area contributed by atoms with Crippen molar-refractivity contribution in [2.45, 2.75) is 20.8 Å². The minimum atomic E-state index is -0.719. The van der Waals surface area contributed by atoms with E-state index in [1.54, 1.807) is 19.1 Å². The van der Waals surface area contributed by atoms with E-state index in [1.165, 1.54) is 12.1 Å².